The minimum atomic E-state index is -0.926. The normalized spacial score (nSPS) is 14.2. The second-order valence-electron chi connectivity index (χ2n) is 4.37. The summed E-state index contributed by atoms with van der Waals surface area (Å²) in [4.78, 5) is 24.0. The zero-order chi connectivity index (χ0) is 13.1. The van der Waals surface area contributed by atoms with Gasteiger partial charge in [0.2, 0.25) is 5.91 Å². The number of hydrogen-bond donors (Lipinski definition) is 1. The third-order valence-corrected chi connectivity index (χ3v) is 3.58. The Labute approximate surface area is 114 Å². The van der Waals surface area contributed by atoms with Gasteiger partial charge in [-0.15, -0.1) is 0 Å². The van der Waals surface area contributed by atoms with E-state index < -0.39 is 5.97 Å². The number of carbonyl (C=O) groups excluding carboxylic acids is 1. The van der Waals surface area contributed by atoms with Crippen LogP contribution in [0.2, 0.25) is 0 Å². The second kappa shape index (κ2) is 5.52. The lowest BCUT2D eigenvalue weighted by molar-refractivity contribution is -0.141. The molecule has 0 unspecified atom stereocenters. The molecule has 0 fully saturated rings. The molecule has 1 aromatic rings. The largest absolute Gasteiger partial charge is 0.481 e. The van der Waals surface area contributed by atoms with E-state index in [1.54, 1.807) is 4.90 Å². The van der Waals surface area contributed by atoms with Crippen LogP contribution < -0.4 is 0 Å². The SMILES string of the molecule is O=C(O)CCC(=O)N1CCc2cc(Br)ccc2C1. The second-order valence-corrected chi connectivity index (χ2v) is 5.29. The van der Waals surface area contributed by atoms with Crippen molar-refractivity contribution in [2.45, 2.75) is 25.8 Å². The maximum Gasteiger partial charge on any atom is 0.303 e. The Morgan fingerprint density at radius 3 is 2.78 bits per heavy atom. The first kappa shape index (κ1) is 13.1. The Hall–Kier alpha value is -1.36. The van der Waals surface area contributed by atoms with Crippen molar-refractivity contribution in [1.82, 2.24) is 4.90 Å². The number of fused-ring (bicyclic) bond motifs is 1. The van der Waals surface area contributed by atoms with Crippen molar-refractivity contribution in [3.05, 3.63) is 33.8 Å². The first-order valence-corrected chi connectivity index (χ1v) is 6.62. The van der Waals surface area contributed by atoms with E-state index in [4.69, 9.17) is 5.11 Å². The minimum Gasteiger partial charge on any atom is -0.481 e. The monoisotopic (exact) mass is 311 g/mol. The molecule has 18 heavy (non-hydrogen) atoms. The van der Waals surface area contributed by atoms with E-state index in [9.17, 15) is 9.59 Å². The van der Waals surface area contributed by atoms with Gasteiger partial charge >= 0.3 is 5.97 Å². The van der Waals surface area contributed by atoms with Gasteiger partial charge in [-0.3, -0.25) is 9.59 Å². The molecule has 0 saturated carbocycles. The van der Waals surface area contributed by atoms with E-state index >= 15 is 0 Å². The maximum absolute atomic E-state index is 11.8. The molecule has 96 valence electrons. The highest BCUT2D eigenvalue weighted by atomic mass is 79.9. The highest BCUT2D eigenvalue weighted by Gasteiger charge is 2.20. The molecule has 1 aliphatic heterocycles. The zero-order valence-corrected chi connectivity index (χ0v) is 11.4. The van der Waals surface area contributed by atoms with Crippen LogP contribution in [0.5, 0.6) is 0 Å². The fraction of sp³-hybridized carbons (Fsp3) is 0.385. The summed E-state index contributed by atoms with van der Waals surface area (Å²) in [6.45, 7) is 1.25. The predicted octanol–water partition coefficient (Wildman–Crippen LogP) is 2.20. The molecule has 5 heteroatoms. The molecule has 0 aromatic heterocycles. The fourth-order valence-corrected chi connectivity index (χ4v) is 2.51. The van der Waals surface area contributed by atoms with E-state index in [1.807, 2.05) is 12.1 Å². The van der Waals surface area contributed by atoms with Crippen LogP contribution in [0.15, 0.2) is 22.7 Å². The molecular weight excluding hydrogens is 298 g/mol. The van der Waals surface area contributed by atoms with Gasteiger partial charge in [0.15, 0.2) is 0 Å². The van der Waals surface area contributed by atoms with Crippen molar-refractivity contribution in [2.24, 2.45) is 0 Å². The van der Waals surface area contributed by atoms with Crippen molar-refractivity contribution in [1.29, 1.82) is 0 Å². The molecule has 1 aromatic carbocycles. The molecule has 1 heterocycles. The Morgan fingerprint density at radius 1 is 1.28 bits per heavy atom. The number of benzene rings is 1. The van der Waals surface area contributed by atoms with Gasteiger partial charge in [0.05, 0.1) is 6.42 Å². The van der Waals surface area contributed by atoms with Crippen LogP contribution >= 0.6 is 15.9 Å². The standard InChI is InChI=1S/C13H14BrNO3/c14-11-2-1-10-8-15(6-5-9(10)7-11)12(16)3-4-13(17)18/h1-2,7H,3-6,8H2,(H,17,18). The molecule has 0 bridgehead atoms. The average Bonchev–Trinajstić information content (AvgIpc) is 2.35. The number of carbonyl (C=O) groups is 2. The molecule has 1 amide bonds. The van der Waals surface area contributed by atoms with Gasteiger partial charge < -0.3 is 10.0 Å². The van der Waals surface area contributed by atoms with Gasteiger partial charge in [0.25, 0.3) is 0 Å². The van der Waals surface area contributed by atoms with Crippen LogP contribution in [0.25, 0.3) is 0 Å². The number of aliphatic carboxylic acids is 1. The van der Waals surface area contributed by atoms with Crippen LogP contribution in [-0.2, 0) is 22.6 Å². The lowest BCUT2D eigenvalue weighted by Crippen LogP contribution is -2.36. The van der Waals surface area contributed by atoms with Gasteiger partial charge in [-0.1, -0.05) is 22.0 Å². The van der Waals surface area contributed by atoms with E-state index in [0.29, 0.717) is 13.1 Å². The summed E-state index contributed by atoms with van der Waals surface area (Å²) in [6.07, 6.45) is 0.817. The third-order valence-electron chi connectivity index (χ3n) is 3.09. The Kier molecular flexibility index (Phi) is 4.01. The van der Waals surface area contributed by atoms with E-state index in [-0.39, 0.29) is 18.7 Å². The number of hydrogen-bond acceptors (Lipinski definition) is 2. The molecule has 1 aliphatic rings. The van der Waals surface area contributed by atoms with E-state index in [1.165, 1.54) is 5.56 Å². The topological polar surface area (TPSA) is 57.6 Å². The van der Waals surface area contributed by atoms with Gasteiger partial charge in [-0.05, 0) is 29.7 Å². The lowest BCUT2D eigenvalue weighted by Gasteiger charge is -2.29. The molecule has 0 atom stereocenters. The summed E-state index contributed by atoms with van der Waals surface area (Å²) in [5.74, 6) is -1.00. The zero-order valence-electron chi connectivity index (χ0n) is 9.86. The Bertz CT molecular complexity index is 487. The lowest BCUT2D eigenvalue weighted by atomic mass is 9.99. The van der Waals surface area contributed by atoms with Gasteiger partial charge in [0.1, 0.15) is 0 Å². The number of rotatable bonds is 3. The molecule has 0 saturated heterocycles. The summed E-state index contributed by atoms with van der Waals surface area (Å²) < 4.78 is 1.05. The fourth-order valence-electron chi connectivity index (χ4n) is 2.11. The third kappa shape index (κ3) is 3.10. The maximum atomic E-state index is 11.8. The molecular formula is C13H14BrNO3. The number of amides is 1. The first-order chi connectivity index (χ1) is 8.56. The summed E-state index contributed by atoms with van der Waals surface area (Å²) in [7, 11) is 0. The molecule has 4 nitrogen and oxygen atoms in total. The molecule has 0 aliphatic carbocycles. The van der Waals surface area contributed by atoms with E-state index in [2.05, 4.69) is 22.0 Å². The number of carboxylic acid groups (broad SMARTS) is 1. The molecule has 0 spiro atoms. The molecule has 1 N–H and O–H groups in total. The Balaban J connectivity index is 2.01. The highest BCUT2D eigenvalue weighted by Crippen LogP contribution is 2.23. The summed E-state index contributed by atoms with van der Waals surface area (Å²) in [5.41, 5.74) is 2.40. The van der Waals surface area contributed by atoms with Crippen molar-refractivity contribution < 1.29 is 14.7 Å². The van der Waals surface area contributed by atoms with Crippen LogP contribution in [0, 0.1) is 0 Å². The summed E-state index contributed by atoms with van der Waals surface area (Å²) in [6, 6.07) is 6.05. The van der Waals surface area contributed by atoms with Crippen LogP contribution in [-0.4, -0.2) is 28.4 Å². The number of halogens is 1. The van der Waals surface area contributed by atoms with Gasteiger partial charge in [0, 0.05) is 24.0 Å². The molecule has 0 radical (unpaired) electrons. The summed E-state index contributed by atoms with van der Waals surface area (Å²) >= 11 is 3.43. The van der Waals surface area contributed by atoms with Gasteiger partial charge in [-0.25, -0.2) is 0 Å². The van der Waals surface area contributed by atoms with Crippen LogP contribution in [0.1, 0.15) is 24.0 Å². The van der Waals surface area contributed by atoms with Crippen molar-refractivity contribution in [2.75, 3.05) is 6.54 Å². The van der Waals surface area contributed by atoms with E-state index in [0.717, 1.165) is 16.5 Å². The average molecular weight is 312 g/mol. The summed E-state index contributed by atoms with van der Waals surface area (Å²) in [5, 5.41) is 8.57. The van der Waals surface area contributed by atoms with Crippen molar-refractivity contribution >= 4 is 27.8 Å². The predicted molar refractivity (Wildman–Crippen MR) is 70.1 cm³/mol. The Morgan fingerprint density at radius 2 is 2.06 bits per heavy atom. The smallest absolute Gasteiger partial charge is 0.303 e. The van der Waals surface area contributed by atoms with Crippen LogP contribution in [0.3, 0.4) is 0 Å². The van der Waals surface area contributed by atoms with Crippen LogP contribution in [0.4, 0.5) is 0 Å². The number of nitrogens with zero attached hydrogens (tertiary/aromatic N) is 1. The van der Waals surface area contributed by atoms with Gasteiger partial charge in [-0.2, -0.15) is 0 Å². The molecule has 2 rings (SSSR count). The quantitative estimate of drug-likeness (QED) is 0.931. The first-order valence-electron chi connectivity index (χ1n) is 5.83. The number of carboxylic acids is 1. The van der Waals surface area contributed by atoms with Crippen molar-refractivity contribution in [3.63, 3.8) is 0 Å². The van der Waals surface area contributed by atoms with Crippen molar-refractivity contribution in [3.8, 4) is 0 Å². The minimum absolute atomic E-state index is 0.0778. The highest BCUT2D eigenvalue weighted by molar-refractivity contribution is 9.10.